The van der Waals surface area contributed by atoms with Crippen molar-refractivity contribution in [1.29, 1.82) is 0 Å². The quantitative estimate of drug-likeness (QED) is 0.846. The van der Waals surface area contributed by atoms with Crippen molar-refractivity contribution < 1.29 is 14.6 Å². The molecule has 21 heavy (non-hydrogen) atoms. The molecule has 0 amide bonds. The highest BCUT2D eigenvalue weighted by Gasteiger charge is 2.14. The fraction of sp³-hybridized carbons (Fsp3) is 0.385. The molecule has 1 unspecified atom stereocenters. The number of aromatic carboxylic acids is 1. The first kappa shape index (κ1) is 15.2. The Morgan fingerprint density at radius 1 is 1.33 bits per heavy atom. The van der Waals surface area contributed by atoms with Crippen LogP contribution >= 0.6 is 11.3 Å². The second-order valence-corrected chi connectivity index (χ2v) is 5.54. The first-order chi connectivity index (χ1) is 9.95. The van der Waals surface area contributed by atoms with Gasteiger partial charge in [-0.3, -0.25) is 4.98 Å². The molecule has 0 fully saturated rings. The number of carbonyl (C=O) groups is 1. The molecule has 0 aromatic carbocycles. The molecule has 0 aliphatic rings. The van der Waals surface area contributed by atoms with E-state index in [1.807, 2.05) is 20.8 Å². The lowest BCUT2D eigenvalue weighted by Crippen LogP contribution is -2.11. The number of hydrogen-bond donors (Lipinski definition) is 2. The van der Waals surface area contributed by atoms with E-state index in [9.17, 15) is 4.79 Å². The van der Waals surface area contributed by atoms with Gasteiger partial charge in [0.1, 0.15) is 10.8 Å². The monoisotopic (exact) mass is 308 g/mol. The van der Waals surface area contributed by atoms with Crippen LogP contribution in [0.3, 0.4) is 0 Å². The molecule has 0 spiro atoms. The van der Waals surface area contributed by atoms with E-state index in [4.69, 9.17) is 9.84 Å². The number of rotatable bonds is 6. The summed E-state index contributed by atoms with van der Waals surface area (Å²) in [5.41, 5.74) is 0.0478. The summed E-state index contributed by atoms with van der Waals surface area (Å²) < 4.78 is 5.47. The van der Waals surface area contributed by atoms with Crippen LogP contribution in [0.2, 0.25) is 0 Å². The van der Waals surface area contributed by atoms with Crippen molar-refractivity contribution >= 4 is 23.1 Å². The number of nitrogens with zero attached hydrogens (tertiary/aromatic N) is 3. The SMILES string of the molecule is CC(C)Oc1cncc(NC(C)c2nc(C(=O)O)cs2)n1. The van der Waals surface area contributed by atoms with E-state index in [0.717, 1.165) is 0 Å². The molecule has 2 rings (SSSR count). The summed E-state index contributed by atoms with van der Waals surface area (Å²) in [6, 6.07) is -0.174. The third kappa shape index (κ3) is 4.12. The van der Waals surface area contributed by atoms with Gasteiger partial charge in [0.2, 0.25) is 5.88 Å². The van der Waals surface area contributed by atoms with Crippen molar-refractivity contribution in [3.8, 4) is 5.88 Å². The van der Waals surface area contributed by atoms with E-state index in [0.29, 0.717) is 16.7 Å². The summed E-state index contributed by atoms with van der Waals surface area (Å²) in [4.78, 5) is 23.2. The lowest BCUT2D eigenvalue weighted by Gasteiger charge is -2.13. The second-order valence-electron chi connectivity index (χ2n) is 4.65. The zero-order valence-electron chi connectivity index (χ0n) is 11.9. The predicted molar refractivity (Wildman–Crippen MR) is 78.9 cm³/mol. The van der Waals surface area contributed by atoms with Gasteiger partial charge in [-0.2, -0.15) is 4.98 Å². The van der Waals surface area contributed by atoms with Crippen LogP contribution in [-0.2, 0) is 0 Å². The molecule has 112 valence electrons. The predicted octanol–water partition coefficient (Wildman–Crippen LogP) is 2.59. The Hall–Kier alpha value is -2.22. The molecule has 0 saturated carbocycles. The fourth-order valence-electron chi connectivity index (χ4n) is 1.58. The summed E-state index contributed by atoms with van der Waals surface area (Å²) in [6.07, 6.45) is 3.14. The van der Waals surface area contributed by atoms with E-state index in [2.05, 4.69) is 20.3 Å². The molecule has 2 N–H and O–H groups in total. The van der Waals surface area contributed by atoms with Gasteiger partial charge in [0.25, 0.3) is 0 Å². The molecule has 0 bridgehead atoms. The van der Waals surface area contributed by atoms with Gasteiger partial charge >= 0.3 is 5.97 Å². The van der Waals surface area contributed by atoms with Crippen LogP contribution < -0.4 is 10.1 Å². The van der Waals surface area contributed by atoms with Crippen LogP contribution in [0.4, 0.5) is 5.82 Å². The van der Waals surface area contributed by atoms with Crippen LogP contribution in [0, 0.1) is 0 Å². The Morgan fingerprint density at radius 3 is 2.71 bits per heavy atom. The van der Waals surface area contributed by atoms with E-state index >= 15 is 0 Å². The Bertz CT molecular complexity index is 629. The minimum atomic E-state index is -1.03. The normalized spacial score (nSPS) is 12.2. The average Bonchev–Trinajstić information content (AvgIpc) is 2.88. The maximum atomic E-state index is 10.8. The third-order valence-corrected chi connectivity index (χ3v) is 3.47. The molecular weight excluding hydrogens is 292 g/mol. The second kappa shape index (κ2) is 6.49. The fourth-order valence-corrected chi connectivity index (χ4v) is 2.38. The molecule has 1 atom stereocenters. The van der Waals surface area contributed by atoms with Crippen molar-refractivity contribution in [2.24, 2.45) is 0 Å². The standard InChI is InChI=1S/C13H16N4O3S/c1-7(2)20-11-5-14-4-10(17-11)15-8(3)12-16-9(6-21-12)13(18)19/h4-8H,1-3H3,(H,15,17)(H,18,19). The molecular formula is C13H16N4O3S. The zero-order valence-corrected chi connectivity index (χ0v) is 12.7. The van der Waals surface area contributed by atoms with Crippen molar-refractivity contribution in [1.82, 2.24) is 15.0 Å². The molecule has 2 heterocycles. The highest BCUT2D eigenvalue weighted by molar-refractivity contribution is 7.09. The summed E-state index contributed by atoms with van der Waals surface area (Å²) >= 11 is 1.29. The van der Waals surface area contributed by atoms with E-state index < -0.39 is 5.97 Å². The number of nitrogens with one attached hydrogen (secondary N) is 1. The Balaban J connectivity index is 2.07. The van der Waals surface area contributed by atoms with Crippen molar-refractivity contribution in [3.05, 3.63) is 28.5 Å². The molecule has 8 heteroatoms. The summed E-state index contributed by atoms with van der Waals surface area (Å²) in [6.45, 7) is 5.70. The van der Waals surface area contributed by atoms with E-state index in [1.165, 1.54) is 16.7 Å². The van der Waals surface area contributed by atoms with E-state index in [1.54, 1.807) is 12.4 Å². The Kier molecular flexibility index (Phi) is 4.69. The first-order valence-electron chi connectivity index (χ1n) is 6.39. The van der Waals surface area contributed by atoms with Gasteiger partial charge < -0.3 is 15.2 Å². The zero-order chi connectivity index (χ0) is 15.4. The van der Waals surface area contributed by atoms with Gasteiger partial charge in [0.15, 0.2) is 5.69 Å². The van der Waals surface area contributed by atoms with Gasteiger partial charge in [-0.05, 0) is 20.8 Å². The number of carboxylic acid groups (broad SMARTS) is 1. The lowest BCUT2D eigenvalue weighted by molar-refractivity contribution is 0.0691. The van der Waals surface area contributed by atoms with Crippen LogP contribution in [0.1, 0.15) is 42.3 Å². The number of hydrogen-bond acceptors (Lipinski definition) is 7. The minimum absolute atomic E-state index is 0.0176. The van der Waals surface area contributed by atoms with Crippen LogP contribution in [0.25, 0.3) is 0 Å². The largest absolute Gasteiger partial charge is 0.476 e. The Labute approximate surface area is 126 Å². The number of thiazole rings is 1. The van der Waals surface area contributed by atoms with Gasteiger partial charge in [-0.15, -0.1) is 11.3 Å². The molecule has 0 saturated heterocycles. The van der Waals surface area contributed by atoms with Crippen LogP contribution in [0.15, 0.2) is 17.8 Å². The summed E-state index contributed by atoms with van der Waals surface area (Å²) in [5.74, 6) is -0.0443. The maximum Gasteiger partial charge on any atom is 0.355 e. The lowest BCUT2D eigenvalue weighted by atomic mass is 10.3. The van der Waals surface area contributed by atoms with Crippen LogP contribution in [-0.4, -0.2) is 32.1 Å². The highest BCUT2D eigenvalue weighted by atomic mass is 32.1. The average molecular weight is 308 g/mol. The van der Waals surface area contributed by atoms with Crippen molar-refractivity contribution in [3.63, 3.8) is 0 Å². The summed E-state index contributed by atoms with van der Waals surface area (Å²) in [7, 11) is 0. The maximum absolute atomic E-state index is 10.8. The number of aromatic nitrogens is 3. The Morgan fingerprint density at radius 2 is 2.10 bits per heavy atom. The van der Waals surface area contributed by atoms with E-state index in [-0.39, 0.29) is 17.8 Å². The minimum Gasteiger partial charge on any atom is -0.476 e. The van der Waals surface area contributed by atoms with Gasteiger partial charge in [0.05, 0.1) is 24.5 Å². The van der Waals surface area contributed by atoms with Gasteiger partial charge in [-0.1, -0.05) is 0 Å². The third-order valence-electron chi connectivity index (χ3n) is 2.44. The molecule has 0 aliphatic heterocycles. The summed E-state index contributed by atoms with van der Waals surface area (Å²) in [5, 5.41) is 14.2. The number of anilines is 1. The smallest absolute Gasteiger partial charge is 0.355 e. The molecule has 0 radical (unpaired) electrons. The molecule has 7 nitrogen and oxygen atoms in total. The molecule has 0 aliphatic carbocycles. The topological polar surface area (TPSA) is 97.2 Å². The van der Waals surface area contributed by atoms with Gasteiger partial charge in [-0.25, -0.2) is 9.78 Å². The van der Waals surface area contributed by atoms with Gasteiger partial charge in [0, 0.05) is 5.38 Å². The van der Waals surface area contributed by atoms with Crippen molar-refractivity contribution in [2.75, 3.05) is 5.32 Å². The van der Waals surface area contributed by atoms with Crippen LogP contribution in [0.5, 0.6) is 5.88 Å². The highest BCUT2D eigenvalue weighted by Crippen LogP contribution is 2.22. The first-order valence-corrected chi connectivity index (χ1v) is 7.27. The molecule has 2 aromatic rings. The van der Waals surface area contributed by atoms with Crippen molar-refractivity contribution in [2.45, 2.75) is 32.9 Å². The molecule has 2 aromatic heterocycles. The number of carboxylic acids is 1. The number of ether oxygens (including phenoxy) is 1.